The number of fused-ring (bicyclic) bond motifs is 4. The molecular weight excluding hydrogens is 697 g/mol. The van der Waals surface area contributed by atoms with Gasteiger partial charge in [0.15, 0.2) is 28.9 Å². The Kier molecular flexibility index (Phi) is 7.99. The molecule has 20 nitrogen and oxygen atoms in total. The van der Waals surface area contributed by atoms with Crippen LogP contribution in [0.25, 0.3) is 22.3 Å². The summed E-state index contributed by atoms with van der Waals surface area (Å²) < 4.78 is 52.5. The molecule has 3 aliphatic rings. The molecule has 248 valence electrons. The van der Waals surface area contributed by atoms with Gasteiger partial charge in [0.1, 0.15) is 48.2 Å². The highest BCUT2D eigenvalue weighted by Gasteiger charge is 2.65. The molecule has 0 amide bonds. The van der Waals surface area contributed by atoms with Gasteiger partial charge in [-0.3, -0.25) is 23.4 Å². The van der Waals surface area contributed by atoms with E-state index in [2.05, 4.69) is 41.7 Å². The van der Waals surface area contributed by atoms with Crippen molar-refractivity contribution in [2.45, 2.75) is 49.0 Å². The van der Waals surface area contributed by atoms with Crippen molar-refractivity contribution in [2.24, 2.45) is 0 Å². The van der Waals surface area contributed by atoms with Gasteiger partial charge in [0, 0.05) is 6.42 Å². The van der Waals surface area contributed by atoms with Crippen LogP contribution in [0, 0.1) is 0 Å². The van der Waals surface area contributed by atoms with E-state index in [1.807, 2.05) is 0 Å². The fraction of sp³-hybridized carbons (Fsp3) is 0.524. The molecule has 4 aromatic rings. The summed E-state index contributed by atoms with van der Waals surface area (Å²) in [5, 5.41) is 0. The zero-order chi connectivity index (χ0) is 32.6. The third-order valence-corrected chi connectivity index (χ3v) is 10.0. The highest BCUT2D eigenvalue weighted by Crippen LogP contribution is 2.56. The molecule has 8 atom stereocenters. The molecule has 7 heterocycles. The number of hydrogen-bond acceptors (Lipinski definition) is 16. The Morgan fingerprint density at radius 2 is 1.87 bits per heavy atom. The lowest BCUT2D eigenvalue weighted by Gasteiger charge is -2.32. The minimum atomic E-state index is -4.19. The van der Waals surface area contributed by atoms with Crippen LogP contribution in [0.5, 0.6) is 0 Å². The maximum Gasteiger partial charge on any atom is 0.325 e. The van der Waals surface area contributed by atoms with E-state index in [0.717, 1.165) is 0 Å². The molecular formula is C21H25FN10O10P2S2. The number of imidazole rings is 2. The number of H-pyrrole nitrogens is 1. The molecule has 0 spiro atoms. The summed E-state index contributed by atoms with van der Waals surface area (Å²) in [6.45, 7) is -9.56. The lowest BCUT2D eigenvalue weighted by atomic mass is 10.0. The Balaban J connectivity index is 1.08. The first-order chi connectivity index (χ1) is 21.7. The first kappa shape index (κ1) is 31.9. The number of alkyl halides is 1. The molecule has 3 aliphatic heterocycles. The summed E-state index contributed by atoms with van der Waals surface area (Å²) in [4.78, 5) is 65.5. The lowest BCUT2D eigenvalue weighted by molar-refractivity contribution is -0.182. The predicted molar refractivity (Wildman–Crippen MR) is 160 cm³/mol. The summed E-state index contributed by atoms with van der Waals surface area (Å²) in [5.74, 6) is -0.0276. The lowest BCUT2D eigenvalue weighted by Crippen LogP contribution is -2.45. The van der Waals surface area contributed by atoms with Crippen molar-refractivity contribution in [3.63, 3.8) is 0 Å². The second kappa shape index (κ2) is 11.5. The summed E-state index contributed by atoms with van der Waals surface area (Å²) in [7, 11) is 0. The van der Waals surface area contributed by atoms with E-state index in [9.17, 15) is 19.5 Å². The average molecular weight is 723 g/mol. The maximum atomic E-state index is 15.1. The van der Waals surface area contributed by atoms with E-state index in [1.165, 1.54) is 28.1 Å². The van der Waals surface area contributed by atoms with E-state index in [4.69, 9.17) is 51.1 Å². The Morgan fingerprint density at radius 3 is 2.65 bits per heavy atom. The van der Waals surface area contributed by atoms with Crippen molar-refractivity contribution in [2.75, 3.05) is 31.3 Å². The van der Waals surface area contributed by atoms with Crippen LogP contribution in [-0.4, -0.2) is 104 Å². The largest absolute Gasteiger partial charge is 0.382 e. The number of nitrogens with one attached hydrogen (secondary N) is 1. The van der Waals surface area contributed by atoms with Crippen molar-refractivity contribution < 1.29 is 46.9 Å². The van der Waals surface area contributed by atoms with Gasteiger partial charge in [-0.15, -0.1) is 0 Å². The van der Waals surface area contributed by atoms with Crippen LogP contribution in [0.2, 0.25) is 0 Å². The molecule has 8 N–H and O–H groups in total. The minimum Gasteiger partial charge on any atom is -0.382 e. The fourth-order valence-electron chi connectivity index (χ4n) is 5.63. The van der Waals surface area contributed by atoms with E-state index in [1.54, 1.807) is 0 Å². The van der Waals surface area contributed by atoms with Gasteiger partial charge in [-0.05, 0) is 23.6 Å². The standard InChI is InChI=1S/C21H25FN10O10P2S2/c22-8-1-10(31-6-28-12-17(31)29-20(24)30-18(12)33)40-9(8)2-38-44(36,46)42-14-13-19(32-7-27-11-15(23)25-5-26-16(11)32)41-21(14,3-37-13)4-39-43(34,35)45/h5-10,13-14,19H,1-4H2,(H,36,46)(H2,23,25,26)(H2,34,35,45)(H3,24,29,30,33)/t8-,9-,10-,13-,14+,19-,21-,44?/m1/s1. The molecule has 7 rings (SSSR count). The smallest absolute Gasteiger partial charge is 0.325 e. The molecule has 3 saturated heterocycles. The first-order valence-corrected chi connectivity index (χ1v) is 18.6. The van der Waals surface area contributed by atoms with Crippen LogP contribution in [0.1, 0.15) is 18.9 Å². The molecule has 1 unspecified atom stereocenters. The van der Waals surface area contributed by atoms with Gasteiger partial charge in [0.2, 0.25) is 5.95 Å². The minimum absolute atomic E-state index is 0.00330. The van der Waals surface area contributed by atoms with Gasteiger partial charge < -0.3 is 49.4 Å². The Hall–Kier alpha value is -2.63. The van der Waals surface area contributed by atoms with Gasteiger partial charge in [-0.25, -0.2) is 24.3 Å². The van der Waals surface area contributed by atoms with Crippen LogP contribution in [0.3, 0.4) is 0 Å². The van der Waals surface area contributed by atoms with Gasteiger partial charge in [-0.1, -0.05) is 0 Å². The van der Waals surface area contributed by atoms with E-state index < -0.39 is 74.8 Å². The first-order valence-electron chi connectivity index (χ1n) is 13.3. The average Bonchev–Trinajstić information content (AvgIpc) is 3.79. The fourth-order valence-corrected chi connectivity index (χ4v) is 7.63. The third-order valence-electron chi connectivity index (χ3n) is 7.68. The monoisotopic (exact) mass is 722 g/mol. The molecule has 0 radical (unpaired) electrons. The van der Waals surface area contributed by atoms with Crippen molar-refractivity contribution in [1.29, 1.82) is 0 Å². The molecule has 4 aromatic heterocycles. The van der Waals surface area contributed by atoms with Gasteiger partial charge in [0.25, 0.3) is 5.56 Å². The van der Waals surface area contributed by atoms with Crippen molar-refractivity contribution in [3.8, 4) is 0 Å². The summed E-state index contributed by atoms with van der Waals surface area (Å²) >= 11 is 9.88. The predicted octanol–water partition coefficient (Wildman–Crippen LogP) is -0.740. The zero-order valence-corrected chi connectivity index (χ0v) is 26.5. The van der Waals surface area contributed by atoms with Crippen LogP contribution in [0.4, 0.5) is 16.2 Å². The number of nitrogens with zero attached hydrogens (tertiary/aromatic N) is 7. The van der Waals surface area contributed by atoms with E-state index in [0.29, 0.717) is 11.2 Å². The van der Waals surface area contributed by atoms with Gasteiger partial charge in [-0.2, -0.15) is 4.98 Å². The number of halogens is 1. The molecule has 2 bridgehead atoms. The summed E-state index contributed by atoms with van der Waals surface area (Å²) in [6, 6.07) is 0. The Bertz CT molecular complexity index is 1980. The number of aromatic amines is 1. The second-order valence-corrected chi connectivity index (χ2v) is 16.1. The second-order valence-electron chi connectivity index (χ2n) is 10.6. The summed E-state index contributed by atoms with van der Waals surface area (Å²) in [5.41, 5.74) is 10.1. The molecule has 0 aliphatic carbocycles. The Labute approximate surface area is 266 Å². The molecule has 0 saturated carbocycles. The van der Waals surface area contributed by atoms with Crippen LogP contribution in [0.15, 0.2) is 23.8 Å². The summed E-state index contributed by atoms with van der Waals surface area (Å²) in [6.07, 6.45) is -3.09. The van der Waals surface area contributed by atoms with Gasteiger partial charge >= 0.3 is 13.4 Å². The van der Waals surface area contributed by atoms with Gasteiger partial charge in [0.05, 0.1) is 32.5 Å². The molecule has 3 fully saturated rings. The number of nitrogens with two attached hydrogens (primary N) is 2. The van der Waals surface area contributed by atoms with E-state index in [-0.39, 0.29) is 36.0 Å². The van der Waals surface area contributed by atoms with Crippen molar-refractivity contribution in [3.05, 3.63) is 29.3 Å². The number of anilines is 2. The molecule has 46 heavy (non-hydrogen) atoms. The van der Waals surface area contributed by atoms with Crippen LogP contribution in [-0.2, 0) is 51.4 Å². The van der Waals surface area contributed by atoms with Crippen LogP contribution < -0.4 is 17.0 Å². The number of hydrogen-bond donors (Lipinski definition) is 6. The topological polar surface area (TPSA) is 275 Å². The van der Waals surface area contributed by atoms with Crippen molar-refractivity contribution in [1.82, 2.24) is 39.0 Å². The third kappa shape index (κ3) is 5.74. The highest BCUT2D eigenvalue weighted by atomic mass is 32.5. The maximum absolute atomic E-state index is 15.1. The van der Waals surface area contributed by atoms with Crippen LogP contribution >= 0.6 is 13.4 Å². The number of aromatic nitrogens is 8. The normalized spacial score (nSPS) is 30.9. The quantitative estimate of drug-likeness (QED) is 0.110. The van der Waals surface area contributed by atoms with E-state index >= 15 is 4.39 Å². The Morgan fingerprint density at radius 1 is 1.11 bits per heavy atom. The molecule has 0 aromatic carbocycles. The number of ether oxygens (including phenoxy) is 3. The SMILES string of the molecule is Nc1nc2c(ncn2[C@H]2C[C@@H](F)[C@@H](COP(O)(=S)O[C@H]3[C@H]4OC[C@]3(COP(O)(O)=S)O[C@H]4n3cnc4c(N)ncnc43)O2)c(=O)[nH]1. The highest BCUT2D eigenvalue weighted by molar-refractivity contribution is 8.07. The van der Waals surface area contributed by atoms with Crippen molar-refractivity contribution >= 4 is 71.1 Å². The molecule has 25 heteroatoms. The number of rotatable bonds is 10. The zero-order valence-electron chi connectivity index (χ0n) is 23.1. The number of nitrogen functional groups attached to an aromatic ring is 2.